The van der Waals surface area contributed by atoms with Gasteiger partial charge in [-0.3, -0.25) is 4.79 Å². The van der Waals surface area contributed by atoms with E-state index in [1.54, 1.807) is 11.3 Å². The summed E-state index contributed by atoms with van der Waals surface area (Å²) in [5.74, 6) is -0.0805. The number of piperidine rings is 1. The molecule has 1 aliphatic rings. The molecule has 1 aromatic rings. The lowest BCUT2D eigenvalue weighted by molar-refractivity contribution is -0.149. The molecule has 1 aromatic heterocycles. The van der Waals surface area contributed by atoms with Crippen LogP contribution in [0.1, 0.15) is 17.7 Å². The third-order valence-corrected chi connectivity index (χ3v) is 4.48. The Labute approximate surface area is 112 Å². The van der Waals surface area contributed by atoms with Gasteiger partial charge in [-0.25, -0.2) is 0 Å². The van der Waals surface area contributed by atoms with E-state index in [-0.39, 0.29) is 18.4 Å². The van der Waals surface area contributed by atoms with Crippen molar-refractivity contribution in [3.05, 3.63) is 22.4 Å². The summed E-state index contributed by atoms with van der Waals surface area (Å²) >= 11 is 1.65. The molecule has 1 fully saturated rings. The van der Waals surface area contributed by atoms with Crippen molar-refractivity contribution in [3.63, 3.8) is 0 Å². The van der Waals surface area contributed by atoms with E-state index in [9.17, 15) is 4.79 Å². The van der Waals surface area contributed by atoms with Gasteiger partial charge < -0.3 is 9.64 Å². The number of nitrogens with zero attached hydrogens (tertiary/aromatic N) is 1. The predicted molar refractivity (Wildman–Crippen MR) is 72.0 cm³/mol. The molecule has 2 heterocycles. The van der Waals surface area contributed by atoms with Gasteiger partial charge >= 0.3 is 5.97 Å². The Hall–Kier alpha value is -0.580. The summed E-state index contributed by atoms with van der Waals surface area (Å²) in [6.07, 6.45) is 1.72. The summed E-state index contributed by atoms with van der Waals surface area (Å²) in [6.45, 7) is 1.90. The van der Waals surface area contributed by atoms with E-state index in [2.05, 4.69) is 11.9 Å². The van der Waals surface area contributed by atoms with E-state index < -0.39 is 5.41 Å². The third-order valence-electron chi connectivity index (χ3n) is 3.41. The summed E-state index contributed by atoms with van der Waals surface area (Å²) in [7, 11) is 3.58. The average Bonchev–Trinajstić information content (AvgIpc) is 2.83. The molecule has 0 amide bonds. The normalized spacial score (nSPS) is 19.4. The van der Waals surface area contributed by atoms with Crippen LogP contribution in [-0.4, -0.2) is 38.1 Å². The molecule has 0 bridgehead atoms. The zero-order chi connectivity index (χ0) is 11.6. The molecule has 17 heavy (non-hydrogen) atoms. The molecule has 3 nitrogen and oxygen atoms in total. The van der Waals surface area contributed by atoms with E-state index in [0.29, 0.717) is 0 Å². The van der Waals surface area contributed by atoms with Crippen LogP contribution < -0.4 is 0 Å². The maximum absolute atomic E-state index is 12.1. The molecule has 0 radical (unpaired) electrons. The maximum atomic E-state index is 12.1. The van der Waals surface area contributed by atoms with Crippen LogP contribution >= 0.6 is 23.7 Å². The molecule has 96 valence electrons. The van der Waals surface area contributed by atoms with Gasteiger partial charge in [0.1, 0.15) is 5.41 Å². The maximum Gasteiger partial charge on any atom is 0.317 e. The van der Waals surface area contributed by atoms with Gasteiger partial charge in [-0.2, -0.15) is 0 Å². The highest BCUT2D eigenvalue weighted by molar-refractivity contribution is 7.10. The van der Waals surface area contributed by atoms with Gasteiger partial charge in [-0.05, 0) is 44.4 Å². The van der Waals surface area contributed by atoms with Gasteiger partial charge in [0.05, 0.1) is 7.11 Å². The number of halogens is 1. The van der Waals surface area contributed by atoms with Crippen molar-refractivity contribution in [2.45, 2.75) is 18.3 Å². The van der Waals surface area contributed by atoms with Crippen molar-refractivity contribution in [1.29, 1.82) is 0 Å². The van der Waals surface area contributed by atoms with Crippen LogP contribution in [0.2, 0.25) is 0 Å². The molecular weight excluding hydrogens is 258 g/mol. The van der Waals surface area contributed by atoms with Crippen LogP contribution in [0, 0.1) is 0 Å². The van der Waals surface area contributed by atoms with Gasteiger partial charge in [-0.1, -0.05) is 6.07 Å². The van der Waals surface area contributed by atoms with Crippen LogP contribution in [0.4, 0.5) is 0 Å². The van der Waals surface area contributed by atoms with Crippen molar-refractivity contribution in [3.8, 4) is 0 Å². The molecule has 0 N–H and O–H groups in total. The van der Waals surface area contributed by atoms with Gasteiger partial charge in [0.15, 0.2) is 0 Å². The monoisotopic (exact) mass is 275 g/mol. The quantitative estimate of drug-likeness (QED) is 0.776. The van der Waals surface area contributed by atoms with Crippen molar-refractivity contribution in [2.24, 2.45) is 0 Å². The molecule has 0 aliphatic carbocycles. The zero-order valence-electron chi connectivity index (χ0n) is 10.1. The van der Waals surface area contributed by atoms with Crippen molar-refractivity contribution >= 4 is 29.7 Å². The molecule has 5 heteroatoms. The first kappa shape index (κ1) is 14.5. The van der Waals surface area contributed by atoms with Gasteiger partial charge in [-0.15, -0.1) is 23.7 Å². The van der Waals surface area contributed by atoms with Crippen LogP contribution in [0.5, 0.6) is 0 Å². The van der Waals surface area contributed by atoms with Crippen molar-refractivity contribution in [2.75, 3.05) is 27.2 Å². The van der Waals surface area contributed by atoms with E-state index in [1.807, 2.05) is 17.5 Å². The number of carbonyl (C=O) groups excluding carboxylic acids is 1. The van der Waals surface area contributed by atoms with E-state index in [4.69, 9.17) is 4.74 Å². The number of hydrogen-bond donors (Lipinski definition) is 0. The number of hydrogen-bond acceptors (Lipinski definition) is 4. The number of methoxy groups -OCH3 is 1. The molecular formula is C12H18ClNO2S. The lowest BCUT2D eigenvalue weighted by Gasteiger charge is -2.37. The summed E-state index contributed by atoms with van der Waals surface area (Å²) in [5.41, 5.74) is -0.393. The van der Waals surface area contributed by atoms with Gasteiger partial charge in [0.2, 0.25) is 0 Å². The van der Waals surface area contributed by atoms with Gasteiger partial charge in [0.25, 0.3) is 0 Å². The minimum Gasteiger partial charge on any atom is -0.468 e. The SMILES string of the molecule is COC(=O)C1(c2cccs2)CCN(C)CC1.Cl. The first-order valence-corrected chi connectivity index (χ1v) is 6.38. The predicted octanol–water partition coefficient (Wildman–Crippen LogP) is 2.31. The molecule has 0 atom stereocenters. The lowest BCUT2D eigenvalue weighted by atomic mass is 9.77. The summed E-state index contributed by atoms with van der Waals surface area (Å²) in [5, 5.41) is 2.03. The molecule has 0 saturated carbocycles. The van der Waals surface area contributed by atoms with Crippen LogP contribution in [-0.2, 0) is 14.9 Å². The minimum atomic E-state index is -0.393. The fourth-order valence-corrected chi connectivity index (χ4v) is 3.27. The second-order valence-corrected chi connectivity index (χ2v) is 5.30. The fourth-order valence-electron chi connectivity index (χ4n) is 2.30. The Bertz CT molecular complexity index is 359. The lowest BCUT2D eigenvalue weighted by Crippen LogP contribution is -2.46. The molecule has 0 unspecified atom stereocenters. The zero-order valence-corrected chi connectivity index (χ0v) is 11.8. The average molecular weight is 276 g/mol. The Balaban J connectivity index is 0.00000144. The standard InChI is InChI=1S/C12H17NO2S.ClH/c1-13-7-5-12(6-8-13,11(14)15-2)10-4-3-9-16-10;/h3-4,9H,5-8H2,1-2H3;1H. The van der Waals surface area contributed by atoms with Crippen molar-refractivity contribution < 1.29 is 9.53 Å². The van der Waals surface area contributed by atoms with E-state index in [0.717, 1.165) is 30.8 Å². The Morgan fingerprint density at radius 2 is 2.12 bits per heavy atom. The second-order valence-electron chi connectivity index (χ2n) is 4.35. The number of thiophene rings is 1. The van der Waals surface area contributed by atoms with Crippen LogP contribution in [0.3, 0.4) is 0 Å². The molecule has 1 aliphatic heterocycles. The van der Waals surface area contributed by atoms with Crippen LogP contribution in [0.25, 0.3) is 0 Å². The molecule has 0 spiro atoms. The summed E-state index contributed by atoms with van der Waals surface area (Å²) < 4.78 is 5.00. The largest absolute Gasteiger partial charge is 0.468 e. The summed E-state index contributed by atoms with van der Waals surface area (Å²) in [4.78, 5) is 15.5. The first-order chi connectivity index (χ1) is 7.69. The Kier molecular flexibility index (Phi) is 4.98. The van der Waals surface area contributed by atoms with Gasteiger partial charge in [0, 0.05) is 4.88 Å². The molecule has 0 aromatic carbocycles. The summed E-state index contributed by atoms with van der Waals surface area (Å²) in [6, 6.07) is 4.05. The Morgan fingerprint density at radius 3 is 2.59 bits per heavy atom. The number of rotatable bonds is 2. The fraction of sp³-hybridized carbons (Fsp3) is 0.583. The number of esters is 1. The first-order valence-electron chi connectivity index (χ1n) is 5.50. The highest BCUT2D eigenvalue weighted by Crippen LogP contribution is 2.38. The van der Waals surface area contributed by atoms with Crippen LogP contribution in [0.15, 0.2) is 17.5 Å². The van der Waals surface area contributed by atoms with E-state index >= 15 is 0 Å². The second kappa shape index (κ2) is 5.85. The topological polar surface area (TPSA) is 29.5 Å². The Morgan fingerprint density at radius 1 is 1.47 bits per heavy atom. The minimum absolute atomic E-state index is 0. The number of carbonyl (C=O) groups is 1. The highest BCUT2D eigenvalue weighted by Gasteiger charge is 2.44. The number of likely N-dealkylation sites (tertiary alicyclic amines) is 1. The third kappa shape index (κ3) is 2.64. The number of ether oxygens (including phenoxy) is 1. The molecule has 2 rings (SSSR count). The molecule has 1 saturated heterocycles. The van der Waals surface area contributed by atoms with E-state index in [1.165, 1.54) is 7.11 Å². The smallest absolute Gasteiger partial charge is 0.317 e. The van der Waals surface area contributed by atoms with Crippen molar-refractivity contribution in [1.82, 2.24) is 4.90 Å². The highest BCUT2D eigenvalue weighted by atomic mass is 35.5.